The first kappa shape index (κ1) is 16.7. The summed E-state index contributed by atoms with van der Waals surface area (Å²) < 4.78 is 6.70. The highest BCUT2D eigenvalue weighted by atomic mass is 79.9. The van der Waals surface area contributed by atoms with Gasteiger partial charge in [0.05, 0.1) is 0 Å². The zero-order valence-electron chi connectivity index (χ0n) is 12.5. The van der Waals surface area contributed by atoms with Crippen LogP contribution >= 0.6 is 15.9 Å². The predicted octanol–water partition coefficient (Wildman–Crippen LogP) is 4.35. The average Bonchev–Trinajstić information content (AvgIpc) is 2.33. The summed E-state index contributed by atoms with van der Waals surface area (Å²) in [4.78, 5) is 0. The molecule has 0 fully saturated rings. The van der Waals surface area contributed by atoms with Gasteiger partial charge in [-0.2, -0.15) is 0 Å². The zero-order valence-corrected chi connectivity index (χ0v) is 14.1. The summed E-state index contributed by atoms with van der Waals surface area (Å²) in [5.41, 5.74) is 1.50. The third kappa shape index (κ3) is 6.55. The molecule has 0 saturated carbocycles. The van der Waals surface area contributed by atoms with Crippen molar-refractivity contribution in [3.05, 3.63) is 34.3 Å². The molecule has 1 N–H and O–H groups in total. The van der Waals surface area contributed by atoms with E-state index in [-0.39, 0.29) is 5.54 Å². The lowest BCUT2D eigenvalue weighted by molar-refractivity contribution is 0.138. The van der Waals surface area contributed by atoms with E-state index in [0.717, 1.165) is 26.2 Å². The number of nitrogens with one attached hydrogen (secondary N) is 1. The highest BCUT2D eigenvalue weighted by molar-refractivity contribution is 9.10. The normalized spacial score (nSPS) is 13.5. The quantitative estimate of drug-likeness (QED) is 0.752. The van der Waals surface area contributed by atoms with E-state index in [9.17, 15) is 0 Å². The standard InChI is InChI=1S/C16H26BrNO/c1-5-19-11-10-13(12-18-16(2,3)4)14-8-6-7-9-15(14)17/h6-9,13,18H,5,10-12H2,1-4H3. The van der Waals surface area contributed by atoms with Crippen molar-refractivity contribution in [3.63, 3.8) is 0 Å². The highest BCUT2D eigenvalue weighted by Gasteiger charge is 2.17. The lowest BCUT2D eigenvalue weighted by Gasteiger charge is -2.26. The Hall–Kier alpha value is -0.380. The van der Waals surface area contributed by atoms with Crippen molar-refractivity contribution in [3.8, 4) is 0 Å². The smallest absolute Gasteiger partial charge is 0.0472 e. The van der Waals surface area contributed by atoms with Gasteiger partial charge >= 0.3 is 0 Å². The fourth-order valence-electron chi connectivity index (χ4n) is 1.97. The molecule has 1 rings (SSSR count). The van der Waals surface area contributed by atoms with E-state index in [1.165, 1.54) is 10.0 Å². The van der Waals surface area contributed by atoms with Gasteiger partial charge in [0.25, 0.3) is 0 Å². The van der Waals surface area contributed by atoms with Gasteiger partial charge in [-0.15, -0.1) is 0 Å². The van der Waals surface area contributed by atoms with Gasteiger partial charge in [-0.1, -0.05) is 34.1 Å². The van der Waals surface area contributed by atoms with E-state index in [0.29, 0.717) is 5.92 Å². The van der Waals surface area contributed by atoms with Crippen LogP contribution in [-0.4, -0.2) is 25.3 Å². The Bertz CT molecular complexity index is 373. The fraction of sp³-hybridized carbons (Fsp3) is 0.625. The van der Waals surface area contributed by atoms with Crippen molar-refractivity contribution in [1.29, 1.82) is 0 Å². The van der Waals surface area contributed by atoms with Crippen LogP contribution in [0.3, 0.4) is 0 Å². The lowest BCUT2D eigenvalue weighted by atomic mass is 9.94. The SMILES string of the molecule is CCOCCC(CNC(C)(C)C)c1ccccc1Br. The van der Waals surface area contributed by atoms with Gasteiger partial charge < -0.3 is 10.1 Å². The Balaban J connectivity index is 2.71. The molecule has 1 aromatic carbocycles. The summed E-state index contributed by atoms with van der Waals surface area (Å²) in [5, 5.41) is 3.60. The van der Waals surface area contributed by atoms with Crippen molar-refractivity contribution >= 4 is 15.9 Å². The Morgan fingerprint density at radius 2 is 1.95 bits per heavy atom. The predicted molar refractivity (Wildman–Crippen MR) is 85.7 cm³/mol. The second kappa shape index (κ2) is 8.03. The molecule has 0 spiro atoms. The van der Waals surface area contributed by atoms with Crippen molar-refractivity contribution < 1.29 is 4.74 Å². The molecule has 0 aliphatic carbocycles. The summed E-state index contributed by atoms with van der Waals surface area (Å²) in [5.74, 6) is 0.473. The lowest BCUT2D eigenvalue weighted by Crippen LogP contribution is -2.38. The number of rotatable bonds is 7. The van der Waals surface area contributed by atoms with Gasteiger partial charge in [0.1, 0.15) is 0 Å². The number of halogens is 1. The molecule has 0 aliphatic heterocycles. The van der Waals surface area contributed by atoms with Crippen LogP contribution in [0.1, 0.15) is 45.6 Å². The van der Waals surface area contributed by atoms with E-state index in [2.05, 4.69) is 66.3 Å². The molecule has 0 radical (unpaired) electrons. The van der Waals surface area contributed by atoms with Crippen LogP contribution < -0.4 is 5.32 Å². The first-order valence-corrected chi connectivity index (χ1v) is 7.80. The Labute approximate surface area is 126 Å². The molecule has 108 valence electrons. The first-order valence-electron chi connectivity index (χ1n) is 7.01. The van der Waals surface area contributed by atoms with Crippen molar-refractivity contribution in [2.75, 3.05) is 19.8 Å². The summed E-state index contributed by atoms with van der Waals surface area (Å²) in [6, 6.07) is 8.47. The molecular weight excluding hydrogens is 302 g/mol. The van der Waals surface area contributed by atoms with Crippen LogP contribution in [0.4, 0.5) is 0 Å². The van der Waals surface area contributed by atoms with Gasteiger partial charge in [0, 0.05) is 29.8 Å². The van der Waals surface area contributed by atoms with Crippen LogP contribution in [0.25, 0.3) is 0 Å². The zero-order chi connectivity index (χ0) is 14.3. The topological polar surface area (TPSA) is 21.3 Å². The van der Waals surface area contributed by atoms with Crippen LogP contribution in [0.5, 0.6) is 0 Å². The van der Waals surface area contributed by atoms with Gasteiger partial charge in [0.2, 0.25) is 0 Å². The molecule has 0 amide bonds. The van der Waals surface area contributed by atoms with Gasteiger partial charge in [-0.25, -0.2) is 0 Å². The van der Waals surface area contributed by atoms with Crippen LogP contribution in [0.15, 0.2) is 28.7 Å². The van der Waals surface area contributed by atoms with Gasteiger partial charge in [0.15, 0.2) is 0 Å². The molecule has 19 heavy (non-hydrogen) atoms. The second-order valence-electron chi connectivity index (χ2n) is 5.83. The van der Waals surface area contributed by atoms with E-state index < -0.39 is 0 Å². The maximum Gasteiger partial charge on any atom is 0.0472 e. The molecular formula is C16H26BrNO. The van der Waals surface area contributed by atoms with Crippen molar-refractivity contribution in [2.45, 2.75) is 45.6 Å². The second-order valence-corrected chi connectivity index (χ2v) is 6.69. The third-order valence-corrected chi connectivity index (χ3v) is 3.76. The molecule has 3 heteroatoms. The van der Waals surface area contributed by atoms with E-state index in [1.54, 1.807) is 0 Å². The number of ether oxygens (including phenoxy) is 1. The van der Waals surface area contributed by atoms with Crippen LogP contribution in [0, 0.1) is 0 Å². The highest BCUT2D eigenvalue weighted by Crippen LogP contribution is 2.27. The Kier molecular flexibility index (Phi) is 7.05. The summed E-state index contributed by atoms with van der Waals surface area (Å²) in [7, 11) is 0. The van der Waals surface area contributed by atoms with E-state index in [1.807, 2.05) is 6.92 Å². The third-order valence-electron chi connectivity index (χ3n) is 3.04. The monoisotopic (exact) mass is 327 g/mol. The van der Waals surface area contributed by atoms with Crippen molar-refractivity contribution in [2.24, 2.45) is 0 Å². The summed E-state index contributed by atoms with van der Waals surface area (Å²) in [6.45, 7) is 11.2. The maximum absolute atomic E-state index is 5.51. The molecule has 1 atom stereocenters. The minimum atomic E-state index is 0.144. The molecule has 0 bridgehead atoms. The Morgan fingerprint density at radius 3 is 2.53 bits per heavy atom. The maximum atomic E-state index is 5.51. The molecule has 0 saturated heterocycles. The molecule has 2 nitrogen and oxygen atoms in total. The number of benzene rings is 1. The van der Waals surface area contributed by atoms with Gasteiger partial charge in [-0.05, 0) is 51.7 Å². The first-order chi connectivity index (χ1) is 8.94. The number of hydrogen-bond donors (Lipinski definition) is 1. The Morgan fingerprint density at radius 1 is 1.26 bits per heavy atom. The minimum absolute atomic E-state index is 0.144. The molecule has 1 unspecified atom stereocenters. The largest absolute Gasteiger partial charge is 0.382 e. The molecule has 1 aromatic rings. The van der Waals surface area contributed by atoms with Crippen LogP contribution in [-0.2, 0) is 4.74 Å². The molecule has 0 aromatic heterocycles. The fourth-order valence-corrected chi connectivity index (χ4v) is 2.58. The van der Waals surface area contributed by atoms with Gasteiger partial charge in [-0.3, -0.25) is 0 Å². The average molecular weight is 328 g/mol. The molecule has 0 heterocycles. The minimum Gasteiger partial charge on any atom is -0.382 e. The summed E-state index contributed by atoms with van der Waals surface area (Å²) >= 11 is 3.66. The van der Waals surface area contributed by atoms with E-state index in [4.69, 9.17) is 4.74 Å². The van der Waals surface area contributed by atoms with Crippen molar-refractivity contribution in [1.82, 2.24) is 5.32 Å². The molecule has 0 aliphatic rings. The van der Waals surface area contributed by atoms with Crippen LogP contribution in [0.2, 0.25) is 0 Å². The number of hydrogen-bond acceptors (Lipinski definition) is 2. The summed E-state index contributed by atoms with van der Waals surface area (Å²) in [6.07, 6.45) is 1.04. The van der Waals surface area contributed by atoms with E-state index >= 15 is 0 Å².